The second-order valence-corrected chi connectivity index (χ2v) is 5.02. The predicted molar refractivity (Wildman–Crippen MR) is 42.8 cm³/mol. The molecule has 4 heteroatoms. The number of benzene rings is 1. The average Bonchev–Trinajstić information content (AvgIpc) is 2.30. The molecule has 0 spiro atoms. The second kappa shape index (κ2) is 8.16. The molecule has 1 aliphatic carbocycles. The van der Waals surface area contributed by atoms with Crippen molar-refractivity contribution in [1.82, 2.24) is 0 Å². The fourth-order valence-electron chi connectivity index (χ4n) is 1.48. The molecule has 1 aromatic rings. The summed E-state index contributed by atoms with van der Waals surface area (Å²) in [5, 5.41) is 0. The zero-order valence-electron chi connectivity index (χ0n) is 7.60. The molecule has 1 atom stereocenters. The smallest absolute Gasteiger partial charge is 1.00 e. The van der Waals surface area contributed by atoms with E-state index < -0.39 is 0 Å². The van der Waals surface area contributed by atoms with Gasteiger partial charge < -0.3 is 71.9 Å². The van der Waals surface area contributed by atoms with E-state index in [0.29, 0.717) is 0 Å². The Morgan fingerprint density at radius 3 is 2.21 bits per heavy atom. The molecular formula is C10H9HfI3. The van der Waals surface area contributed by atoms with Gasteiger partial charge in [-0.05, 0) is 0 Å². The number of rotatable bonds is 0. The largest absolute Gasteiger partial charge is 1.00 e. The fraction of sp³-hybridized carbons (Fsp3) is 0.200. The van der Waals surface area contributed by atoms with Crippen LogP contribution in [0.4, 0.5) is 0 Å². The molecule has 74 valence electrons. The van der Waals surface area contributed by atoms with Crippen LogP contribution in [0.1, 0.15) is 21.7 Å². The molecule has 0 aliphatic heterocycles. The summed E-state index contributed by atoms with van der Waals surface area (Å²) in [4.78, 5) is 0. The Bertz CT molecular complexity index is 323. The molecule has 1 aliphatic rings. The van der Waals surface area contributed by atoms with Gasteiger partial charge in [0.25, 0.3) is 0 Å². The van der Waals surface area contributed by atoms with E-state index >= 15 is 0 Å². The Hall–Kier alpha value is 2.02. The number of hydrogen-bond acceptors (Lipinski definition) is 0. The Balaban J connectivity index is 0. The molecule has 0 radical (unpaired) electrons. The van der Waals surface area contributed by atoms with Gasteiger partial charge in [-0.25, -0.2) is 0 Å². The molecule has 0 saturated heterocycles. The molecule has 1 unspecified atom stereocenters. The van der Waals surface area contributed by atoms with Gasteiger partial charge in [0.05, 0.1) is 0 Å². The Kier molecular flexibility index (Phi) is 10.7. The number of halogens is 3. The van der Waals surface area contributed by atoms with E-state index in [1.54, 1.807) is 0 Å². The van der Waals surface area contributed by atoms with Crippen LogP contribution < -0.4 is 71.9 Å². The first kappa shape index (κ1) is 18.4. The van der Waals surface area contributed by atoms with Crippen LogP contribution in [0.25, 0.3) is 6.08 Å². The zero-order valence-corrected chi connectivity index (χ0v) is 17.7. The van der Waals surface area contributed by atoms with Crippen LogP contribution in [0, 0.1) is 0 Å². The SMILES string of the molecule is CC1=Cc2ccccc2[CH]1[Hf+3].[I-].[I-].[I-]. The van der Waals surface area contributed by atoms with Crippen LogP contribution >= 0.6 is 0 Å². The zero-order chi connectivity index (χ0) is 7.84. The van der Waals surface area contributed by atoms with Gasteiger partial charge in [-0.15, -0.1) is 0 Å². The minimum atomic E-state index is 0. The second-order valence-electron chi connectivity index (χ2n) is 2.95. The Morgan fingerprint density at radius 2 is 1.64 bits per heavy atom. The maximum absolute atomic E-state index is 2.31. The summed E-state index contributed by atoms with van der Waals surface area (Å²) in [6.45, 7) is 2.23. The van der Waals surface area contributed by atoms with E-state index in [2.05, 4.69) is 37.3 Å². The molecule has 14 heavy (non-hydrogen) atoms. The van der Waals surface area contributed by atoms with E-state index in [-0.39, 0.29) is 71.9 Å². The molecule has 1 aromatic carbocycles. The Labute approximate surface area is 151 Å². The van der Waals surface area contributed by atoms with Crippen molar-refractivity contribution in [3.8, 4) is 0 Å². The molecule has 0 N–H and O–H groups in total. The van der Waals surface area contributed by atoms with Gasteiger partial charge in [-0.1, -0.05) is 0 Å². The number of allylic oxidation sites excluding steroid dienone is 1. The third-order valence-corrected chi connectivity index (χ3v) is 4.90. The fourth-order valence-corrected chi connectivity index (χ4v) is 2.72. The first-order valence-electron chi connectivity index (χ1n) is 3.77. The Morgan fingerprint density at radius 1 is 1.07 bits per heavy atom. The molecule has 0 amide bonds. The minimum Gasteiger partial charge on any atom is -1.00 e. The van der Waals surface area contributed by atoms with Gasteiger partial charge in [-0.3, -0.25) is 0 Å². The van der Waals surface area contributed by atoms with E-state index in [1.807, 2.05) is 0 Å². The molecule has 0 aromatic heterocycles. The summed E-state index contributed by atoms with van der Waals surface area (Å²) in [6.07, 6.45) is 2.31. The van der Waals surface area contributed by atoms with Crippen molar-refractivity contribution in [2.75, 3.05) is 0 Å². The monoisotopic (exact) mass is 690 g/mol. The number of hydrogen-bond donors (Lipinski definition) is 0. The van der Waals surface area contributed by atoms with Crippen molar-refractivity contribution in [1.29, 1.82) is 0 Å². The molecule has 0 saturated carbocycles. The van der Waals surface area contributed by atoms with E-state index in [1.165, 1.54) is 41.1 Å². The van der Waals surface area contributed by atoms with Crippen LogP contribution in [-0.2, 0) is 24.4 Å². The van der Waals surface area contributed by atoms with Crippen LogP contribution in [-0.4, -0.2) is 0 Å². The topological polar surface area (TPSA) is 0 Å². The van der Waals surface area contributed by atoms with Gasteiger partial charge in [0.15, 0.2) is 0 Å². The van der Waals surface area contributed by atoms with Crippen molar-refractivity contribution in [3.63, 3.8) is 0 Å². The molecule has 0 nitrogen and oxygen atoms in total. The standard InChI is InChI=1S/C10H9.Hf.3HI/c1-8-6-9-4-2-3-5-10(9)7-8;;;;/h2-7H,1H3;;3*1H/q;+3;;;/p-3. The van der Waals surface area contributed by atoms with E-state index in [9.17, 15) is 0 Å². The summed E-state index contributed by atoms with van der Waals surface area (Å²) in [5.74, 6) is 0. The third-order valence-electron chi connectivity index (χ3n) is 2.15. The summed E-state index contributed by atoms with van der Waals surface area (Å²) >= 11 is 1.24. The predicted octanol–water partition coefficient (Wildman–Crippen LogP) is -6.30. The first-order chi connectivity index (χ1) is 5.29. The van der Waals surface area contributed by atoms with Crippen molar-refractivity contribution >= 4 is 6.08 Å². The summed E-state index contributed by atoms with van der Waals surface area (Å²) in [5.41, 5.74) is 4.51. The van der Waals surface area contributed by atoms with Crippen LogP contribution in [0.5, 0.6) is 0 Å². The van der Waals surface area contributed by atoms with E-state index in [0.717, 1.165) is 3.67 Å². The average molecular weight is 688 g/mol. The van der Waals surface area contributed by atoms with Crippen LogP contribution in [0.15, 0.2) is 29.8 Å². The normalized spacial score (nSPS) is 16.8. The summed E-state index contributed by atoms with van der Waals surface area (Å²) in [6, 6.07) is 8.70. The van der Waals surface area contributed by atoms with Crippen LogP contribution in [0.2, 0.25) is 0 Å². The molecule has 2 rings (SSSR count). The van der Waals surface area contributed by atoms with Gasteiger partial charge >= 0.3 is 82.0 Å². The van der Waals surface area contributed by atoms with Crippen molar-refractivity contribution in [2.24, 2.45) is 0 Å². The van der Waals surface area contributed by atoms with Gasteiger partial charge in [0.1, 0.15) is 0 Å². The van der Waals surface area contributed by atoms with Crippen LogP contribution in [0.3, 0.4) is 0 Å². The van der Waals surface area contributed by atoms with Gasteiger partial charge in [0, 0.05) is 0 Å². The third kappa shape index (κ3) is 3.80. The molecular weight excluding hydrogens is 679 g/mol. The number of fused-ring (bicyclic) bond motifs is 1. The quantitative estimate of drug-likeness (QED) is 0.188. The first-order valence-corrected chi connectivity index (χ1v) is 5.84. The maximum Gasteiger partial charge on any atom is -1.00 e. The summed E-state index contributed by atoms with van der Waals surface area (Å²) < 4.78 is 0.770. The molecule has 0 heterocycles. The molecule has 0 fully saturated rings. The van der Waals surface area contributed by atoms with E-state index in [4.69, 9.17) is 0 Å². The van der Waals surface area contributed by atoms with Crippen molar-refractivity contribution in [2.45, 2.75) is 10.6 Å². The summed E-state index contributed by atoms with van der Waals surface area (Å²) in [7, 11) is 0. The van der Waals surface area contributed by atoms with Gasteiger partial charge in [-0.2, -0.15) is 0 Å². The van der Waals surface area contributed by atoms with Crippen molar-refractivity contribution in [3.05, 3.63) is 41.0 Å². The molecule has 0 bridgehead atoms. The maximum atomic E-state index is 2.31. The van der Waals surface area contributed by atoms with Crippen molar-refractivity contribution < 1.29 is 96.3 Å². The minimum absolute atomic E-state index is 0. The van der Waals surface area contributed by atoms with Gasteiger partial charge in [0.2, 0.25) is 0 Å².